The van der Waals surface area contributed by atoms with Crippen LogP contribution in [0.15, 0.2) is 18.2 Å². The maximum atomic E-state index is 13.0. The first kappa shape index (κ1) is 15.6. The van der Waals surface area contributed by atoms with E-state index in [4.69, 9.17) is 5.11 Å². The third-order valence-electron chi connectivity index (χ3n) is 4.20. The van der Waals surface area contributed by atoms with Crippen LogP contribution in [0.1, 0.15) is 54.6 Å². The van der Waals surface area contributed by atoms with Crippen molar-refractivity contribution < 1.29 is 9.90 Å². The van der Waals surface area contributed by atoms with E-state index in [-0.39, 0.29) is 18.6 Å². The van der Waals surface area contributed by atoms with Gasteiger partial charge in [0.25, 0.3) is 5.91 Å². The summed E-state index contributed by atoms with van der Waals surface area (Å²) in [5.41, 5.74) is 2.41. The van der Waals surface area contributed by atoms with Gasteiger partial charge in [0, 0.05) is 17.6 Å². The van der Waals surface area contributed by atoms with E-state index in [0.717, 1.165) is 24.8 Å². The molecule has 0 aliphatic carbocycles. The molecule has 1 aliphatic heterocycles. The van der Waals surface area contributed by atoms with E-state index in [9.17, 15) is 4.79 Å². The number of amides is 1. The average molecular weight is 285 g/mol. The summed E-state index contributed by atoms with van der Waals surface area (Å²) in [7, 11) is 0. The van der Waals surface area contributed by atoms with Gasteiger partial charge < -0.3 is 10.0 Å². The Kier molecular flexibility index (Phi) is 5.03. The largest absolute Gasteiger partial charge is 0.384 e. The van der Waals surface area contributed by atoms with Gasteiger partial charge in [0.15, 0.2) is 0 Å². The Balaban J connectivity index is 2.40. The van der Waals surface area contributed by atoms with Crippen LogP contribution in [-0.4, -0.2) is 34.6 Å². The summed E-state index contributed by atoms with van der Waals surface area (Å²) in [6, 6.07) is 6.32. The van der Waals surface area contributed by atoms with Crippen LogP contribution in [0.4, 0.5) is 0 Å². The van der Waals surface area contributed by atoms with Gasteiger partial charge in [-0.2, -0.15) is 0 Å². The van der Waals surface area contributed by atoms with Crippen molar-refractivity contribution >= 4 is 5.91 Å². The van der Waals surface area contributed by atoms with Crippen molar-refractivity contribution in [3.05, 3.63) is 34.9 Å². The summed E-state index contributed by atoms with van der Waals surface area (Å²) in [5, 5.41) is 8.88. The third-order valence-corrected chi connectivity index (χ3v) is 4.20. The Morgan fingerprint density at radius 2 is 2.19 bits per heavy atom. The topological polar surface area (TPSA) is 40.5 Å². The zero-order valence-corrected chi connectivity index (χ0v) is 13.0. The molecule has 112 valence electrons. The first-order valence-corrected chi connectivity index (χ1v) is 7.61. The van der Waals surface area contributed by atoms with Gasteiger partial charge in [-0.25, -0.2) is 0 Å². The molecule has 1 aliphatic rings. The van der Waals surface area contributed by atoms with Crippen LogP contribution in [0.2, 0.25) is 0 Å². The Morgan fingerprint density at radius 3 is 2.86 bits per heavy atom. The quantitative estimate of drug-likeness (QED) is 0.849. The molecule has 0 saturated carbocycles. The van der Waals surface area contributed by atoms with Crippen molar-refractivity contribution in [3.63, 3.8) is 0 Å². The molecule has 0 radical (unpaired) electrons. The van der Waals surface area contributed by atoms with Gasteiger partial charge >= 0.3 is 0 Å². The van der Waals surface area contributed by atoms with Gasteiger partial charge in [0.2, 0.25) is 0 Å². The van der Waals surface area contributed by atoms with Crippen molar-refractivity contribution in [2.75, 3.05) is 6.61 Å². The van der Waals surface area contributed by atoms with Gasteiger partial charge in [0.05, 0.1) is 5.56 Å². The number of rotatable bonds is 2. The van der Waals surface area contributed by atoms with Crippen molar-refractivity contribution in [1.82, 2.24) is 4.90 Å². The molecule has 1 aromatic rings. The molecular weight excluding hydrogens is 262 g/mol. The summed E-state index contributed by atoms with van der Waals surface area (Å²) in [4.78, 5) is 15.0. The lowest BCUT2D eigenvalue weighted by Gasteiger charge is -2.28. The van der Waals surface area contributed by atoms with E-state index < -0.39 is 0 Å². The molecule has 1 N–H and O–H groups in total. The van der Waals surface area contributed by atoms with Gasteiger partial charge in [-0.1, -0.05) is 30.4 Å². The summed E-state index contributed by atoms with van der Waals surface area (Å²) in [5.74, 6) is 5.60. The molecule has 2 rings (SSSR count). The highest BCUT2D eigenvalue weighted by molar-refractivity contribution is 5.97. The number of aryl methyl sites for hydroxylation is 1. The number of benzene rings is 1. The van der Waals surface area contributed by atoms with Gasteiger partial charge in [-0.15, -0.1) is 0 Å². The zero-order valence-electron chi connectivity index (χ0n) is 13.0. The molecule has 21 heavy (non-hydrogen) atoms. The SMILES string of the molecule is CCC1CCC(C)N1C(=O)c1cc(C)ccc1C#CCO. The van der Waals surface area contributed by atoms with Crippen LogP contribution in [0.3, 0.4) is 0 Å². The van der Waals surface area contributed by atoms with E-state index in [1.54, 1.807) is 0 Å². The van der Waals surface area contributed by atoms with Crippen LogP contribution in [-0.2, 0) is 0 Å². The molecule has 2 unspecified atom stereocenters. The number of aliphatic hydroxyl groups excluding tert-OH is 1. The molecule has 3 heteroatoms. The van der Waals surface area contributed by atoms with Crippen molar-refractivity contribution in [3.8, 4) is 11.8 Å². The highest BCUT2D eigenvalue weighted by Crippen LogP contribution is 2.28. The second kappa shape index (κ2) is 6.78. The Bertz CT molecular complexity index is 583. The van der Waals surface area contributed by atoms with Gasteiger partial charge in [-0.05, 0) is 45.2 Å². The second-order valence-corrected chi connectivity index (χ2v) is 5.71. The first-order valence-electron chi connectivity index (χ1n) is 7.61. The number of nitrogens with zero attached hydrogens (tertiary/aromatic N) is 1. The van der Waals surface area contributed by atoms with E-state index in [2.05, 4.69) is 25.7 Å². The van der Waals surface area contributed by atoms with Crippen LogP contribution in [0, 0.1) is 18.8 Å². The molecule has 1 saturated heterocycles. The van der Waals surface area contributed by atoms with Crippen LogP contribution in [0.25, 0.3) is 0 Å². The molecule has 1 amide bonds. The maximum Gasteiger partial charge on any atom is 0.255 e. The highest BCUT2D eigenvalue weighted by Gasteiger charge is 2.34. The van der Waals surface area contributed by atoms with Gasteiger partial charge in [-0.3, -0.25) is 4.79 Å². The fourth-order valence-corrected chi connectivity index (χ4v) is 3.06. The molecule has 0 aromatic heterocycles. The molecule has 0 spiro atoms. The lowest BCUT2D eigenvalue weighted by Crippen LogP contribution is -2.40. The number of aliphatic hydroxyl groups is 1. The molecule has 1 heterocycles. The Morgan fingerprint density at radius 1 is 1.43 bits per heavy atom. The number of carbonyl (C=O) groups excluding carboxylic acids is 1. The number of likely N-dealkylation sites (tertiary alicyclic amines) is 1. The smallest absolute Gasteiger partial charge is 0.255 e. The molecule has 0 bridgehead atoms. The lowest BCUT2D eigenvalue weighted by molar-refractivity contribution is 0.0676. The normalized spacial score (nSPS) is 21.0. The average Bonchev–Trinajstić information content (AvgIpc) is 2.86. The van der Waals surface area contributed by atoms with Crippen molar-refractivity contribution in [2.45, 2.75) is 52.1 Å². The third kappa shape index (κ3) is 3.28. The molecule has 3 nitrogen and oxygen atoms in total. The molecule has 1 fully saturated rings. The summed E-state index contributed by atoms with van der Waals surface area (Å²) in [6.07, 6.45) is 3.13. The minimum Gasteiger partial charge on any atom is -0.384 e. The van der Waals surface area contributed by atoms with E-state index >= 15 is 0 Å². The summed E-state index contributed by atoms with van der Waals surface area (Å²) in [6.45, 7) is 6.03. The predicted molar refractivity (Wildman–Crippen MR) is 84.1 cm³/mol. The monoisotopic (exact) mass is 285 g/mol. The predicted octanol–water partition coefficient (Wildman–Crippen LogP) is 2.74. The minimum absolute atomic E-state index is 0.0674. The van der Waals surface area contributed by atoms with Gasteiger partial charge in [0.1, 0.15) is 6.61 Å². The standard InChI is InChI=1S/C18H23NO2/c1-4-16-10-8-14(3)19(16)18(21)17-12-13(2)7-9-15(17)6-5-11-20/h7,9,12,14,16,20H,4,8,10-11H2,1-3H3. The minimum atomic E-state index is -0.195. The highest BCUT2D eigenvalue weighted by atomic mass is 16.2. The summed E-state index contributed by atoms with van der Waals surface area (Å²) >= 11 is 0. The van der Waals surface area contributed by atoms with E-state index in [0.29, 0.717) is 17.2 Å². The van der Waals surface area contributed by atoms with Crippen molar-refractivity contribution in [2.24, 2.45) is 0 Å². The fourth-order valence-electron chi connectivity index (χ4n) is 3.06. The van der Waals surface area contributed by atoms with Crippen LogP contribution < -0.4 is 0 Å². The Labute approximate surface area is 127 Å². The first-order chi connectivity index (χ1) is 10.1. The van der Waals surface area contributed by atoms with E-state index in [1.165, 1.54) is 0 Å². The molecule has 2 atom stereocenters. The van der Waals surface area contributed by atoms with Crippen LogP contribution in [0.5, 0.6) is 0 Å². The zero-order chi connectivity index (χ0) is 15.4. The Hall–Kier alpha value is -1.79. The van der Waals surface area contributed by atoms with Crippen molar-refractivity contribution in [1.29, 1.82) is 0 Å². The number of hydrogen-bond acceptors (Lipinski definition) is 2. The van der Waals surface area contributed by atoms with Crippen LogP contribution >= 0.6 is 0 Å². The molecule has 1 aromatic carbocycles. The summed E-state index contributed by atoms with van der Waals surface area (Å²) < 4.78 is 0. The fraction of sp³-hybridized carbons (Fsp3) is 0.500. The van der Waals surface area contributed by atoms with E-state index in [1.807, 2.05) is 30.0 Å². The maximum absolute atomic E-state index is 13.0. The lowest BCUT2D eigenvalue weighted by atomic mass is 10.0. The molecular formula is C18H23NO2. The number of carbonyl (C=O) groups is 1. The number of hydrogen-bond donors (Lipinski definition) is 1. The second-order valence-electron chi connectivity index (χ2n) is 5.71.